The smallest absolute Gasteiger partial charge is 0.307 e. The minimum Gasteiger partial charge on any atom is -0.349 e. The van der Waals surface area contributed by atoms with Crippen LogP contribution in [0.4, 0.5) is 0 Å². The van der Waals surface area contributed by atoms with Gasteiger partial charge in [0, 0.05) is 19.3 Å². The summed E-state index contributed by atoms with van der Waals surface area (Å²) in [5.74, 6) is -0.157. The van der Waals surface area contributed by atoms with Crippen LogP contribution < -0.4 is 10.2 Å². The van der Waals surface area contributed by atoms with Crippen molar-refractivity contribution < 1.29 is 4.79 Å². The first-order valence-electron chi connectivity index (χ1n) is 8.31. The molecule has 0 radical (unpaired) electrons. The summed E-state index contributed by atoms with van der Waals surface area (Å²) in [4.78, 5) is 27.1. The first-order valence-corrected chi connectivity index (χ1v) is 9.13. The predicted molar refractivity (Wildman–Crippen MR) is 96.6 cm³/mol. The van der Waals surface area contributed by atoms with Crippen LogP contribution in [-0.2, 0) is 7.05 Å². The maximum absolute atomic E-state index is 12.5. The van der Waals surface area contributed by atoms with E-state index >= 15 is 0 Å². The third kappa shape index (κ3) is 3.44. The lowest BCUT2D eigenvalue weighted by atomic mass is 10.1. The maximum Gasteiger partial charge on any atom is 0.307 e. The number of rotatable bonds is 5. The van der Waals surface area contributed by atoms with Crippen LogP contribution in [0.25, 0.3) is 0 Å². The SMILES string of the molecule is Cc1c(C(=O)NCC(c2ccccc2)N2CCCC2)sc(=O)n1C. The van der Waals surface area contributed by atoms with Crippen LogP contribution in [-0.4, -0.2) is 35.0 Å². The Kier molecular flexibility index (Phi) is 5.16. The predicted octanol–water partition coefficient (Wildman–Crippen LogP) is 2.32. The molecule has 1 unspecified atom stereocenters. The summed E-state index contributed by atoms with van der Waals surface area (Å²) in [7, 11) is 1.70. The summed E-state index contributed by atoms with van der Waals surface area (Å²) in [6, 6.07) is 10.5. The molecule has 5 nitrogen and oxygen atoms in total. The molecule has 1 aliphatic heterocycles. The number of benzene rings is 1. The van der Waals surface area contributed by atoms with E-state index in [1.165, 1.54) is 23.0 Å². The molecule has 1 fully saturated rings. The Morgan fingerprint density at radius 1 is 1.25 bits per heavy atom. The molecule has 0 bridgehead atoms. The number of aromatic nitrogens is 1. The minimum absolute atomic E-state index is 0.100. The monoisotopic (exact) mass is 345 g/mol. The number of hydrogen-bond acceptors (Lipinski definition) is 4. The van der Waals surface area contributed by atoms with Crippen molar-refractivity contribution >= 4 is 17.2 Å². The molecule has 3 rings (SSSR count). The Morgan fingerprint density at radius 2 is 1.92 bits per heavy atom. The normalized spacial score (nSPS) is 16.2. The molecule has 1 amide bonds. The summed E-state index contributed by atoms with van der Waals surface area (Å²) in [5.41, 5.74) is 1.94. The molecule has 2 aromatic rings. The number of carbonyl (C=O) groups is 1. The lowest BCUT2D eigenvalue weighted by Crippen LogP contribution is -2.36. The van der Waals surface area contributed by atoms with Crippen LogP contribution in [0.15, 0.2) is 35.1 Å². The number of likely N-dealkylation sites (tertiary alicyclic amines) is 1. The number of nitrogens with one attached hydrogen (secondary N) is 1. The Labute approximate surface area is 145 Å². The van der Waals surface area contributed by atoms with Crippen molar-refractivity contribution in [3.8, 4) is 0 Å². The second-order valence-corrected chi connectivity index (χ2v) is 7.18. The van der Waals surface area contributed by atoms with Gasteiger partial charge < -0.3 is 9.88 Å². The number of nitrogens with zero attached hydrogens (tertiary/aromatic N) is 2. The first kappa shape index (κ1) is 16.9. The Balaban J connectivity index is 1.74. The van der Waals surface area contributed by atoms with Gasteiger partial charge in [-0.1, -0.05) is 41.7 Å². The summed E-state index contributed by atoms with van der Waals surface area (Å²) in [5, 5.41) is 3.03. The Morgan fingerprint density at radius 3 is 2.50 bits per heavy atom. The van der Waals surface area contributed by atoms with Crippen LogP contribution in [0.2, 0.25) is 0 Å². The first-order chi connectivity index (χ1) is 11.6. The van der Waals surface area contributed by atoms with Crippen LogP contribution >= 0.6 is 11.3 Å². The van der Waals surface area contributed by atoms with Crippen molar-refractivity contribution in [2.24, 2.45) is 7.05 Å². The molecule has 1 saturated heterocycles. The lowest BCUT2D eigenvalue weighted by molar-refractivity contribution is 0.0941. The minimum atomic E-state index is -0.157. The standard InChI is InChI=1S/C18H23N3O2S/c1-13-16(24-18(23)20(13)2)17(22)19-12-15(21-10-6-7-11-21)14-8-4-3-5-9-14/h3-5,8-9,15H,6-7,10-12H2,1-2H3,(H,19,22). The van der Waals surface area contributed by atoms with Gasteiger partial charge in [-0.2, -0.15) is 0 Å². The van der Waals surface area contributed by atoms with E-state index < -0.39 is 0 Å². The van der Waals surface area contributed by atoms with Gasteiger partial charge in [0.15, 0.2) is 0 Å². The zero-order valence-corrected chi connectivity index (χ0v) is 14.9. The largest absolute Gasteiger partial charge is 0.349 e. The van der Waals surface area contributed by atoms with E-state index in [-0.39, 0.29) is 16.8 Å². The molecule has 1 aromatic carbocycles. The summed E-state index contributed by atoms with van der Waals surface area (Å²) >= 11 is 1.01. The molecule has 6 heteroatoms. The zero-order chi connectivity index (χ0) is 17.1. The van der Waals surface area contributed by atoms with E-state index in [1.54, 1.807) is 7.05 Å². The average molecular weight is 345 g/mol. The highest BCUT2D eigenvalue weighted by molar-refractivity contribution is 7.11. The molecule has 0 spiro atoms. The molecule has 0 saturated carbocycles. The van der Waals surface area contributed by atoms with Crippen molar-refractivity contribution in [2.75, 3.05) is 19.6 Å². The van der Waals surface area contributed by atoms with Crippen LogP contribution in [0.3, 0.4) is 0 Å². The van der Waals surface area contributed by atoms with Gasteiger partial charge in [-0.05, 0) is 38.4 Å². The van der Waals surface area contributed by atoms with Gasteiger partial charge >= 0.3 is 4.87 Å². The van der Waals surface area contributed by atoms with Crippen LogP contribution in [0.5, 0.6) is 0 Å². The molecule has 1 aliphatic rings. The quantitative estimate of drug-likeness (QED) is 0.905. The van der Waals surface area contributed by atoms with Gasteiger partial charge in [0.1, 0.15) is 4.88 Å². The van der Waals surface area contributed by atoms with Gasteiger partial charge in [-0.15, -0.1) is 0 Å². The maximum atomic E-state index is 12.5. The van der Waals surface area contributed by atoms with E-state index in [4.69, 9.17) is 0 Å². The molecular weight excluding hydrogens is 322 g/mol. The molecule has 24 heavy (non-hydrogen) atoms. The number of carbonyl (C=O) groups excluding carboxylic acids is 1. The number of thiazole rings is 1. The average Bonchev–Trinajstić information content (AvgIpc) is 3.21. The molecule has 1 atom stereocenters. The van der Waals surface area contributed by atoms with Crippen molar-refractivity contribution in [3.63, 3.8) is 0 Å². The van der Waals surface area contributed by atoms with Gasteiger partial charge in [-0.3, -0.25) is 14.5 Å². The Hall–Kier alpha value is -1.92. The van der Waals surface area contributed by atoms with E-state index in [0.29, 0.717) is 11.4 Å². The van der Waals surface area contributed by atoms with E-state index in [1.807, 2.05) is 25.1 Å². The third-order valence-corrected chi connectivity index (χ3v) is 5.86. The highest BCUT2D eigenvalue weighted by atomic mass is 32.1. The van der Waals surface area contributed by atoms with Gasteiger partial charge in [0.25, 0.3) is 5.91 Å². The highest BCUT2D eigenvalue weighted by Gasteiger charge is 2.24. The fourth-order valence-corrected chi connectivity index (χ4v) is 4.08. The Bertz CT molecular complexity index is 760. The van der Waals surface area contributed by atoms with Crippen molar-refractivity contribution in [1.82, 2.24) is 14.8 Å². The second-order valence-electron chi connectivity index (χ2n) is 6.22. The van der Waals surface area contributed by atoms with E-state index in [2.05, 4.69) is 22.3 Å². The van der Waals surface area contributed by atoms with Crippen LogP contribution in [0.1, 0.15) is 39.8 Å². The molecule has 0 aliphatic carbocycles. The molecule has 1 aromatic heterocycles. The fraction of sp³-hybridized carbons (Fsp3) is 0.444. The molecule has 1 N–H and O–H groups in total. The van der Waals surface area contributed by atoms with E-state index in [9.17, 15) is 9.59 Å². The number of amides is 1. The summed E-state index contributed by atoms with van der Waals surface area (Å²) in [6.45, 7) is 4.49. The molecule has 128 valence electrons. The van der Waals surface area contributed by atoms with Crippen molar-refractivity contribution in [1.29, 1.82) is 0 Å². The number of hydrogen-bond donors (Lipinski definition) is 1. The second kappa shape index (κ2) is 7.32. The zero-order valence-electron chi connectivity index (χ0n) is 14.1. The van der Waals surface area contributed by atoms with Crippen molar-refractivity contribution in [3.05, 3.63) is 56.1 Å². The highest BCUT2D eigenvalue weighted by Crippen LogP contribution is 2.24. The molecular formula is C18H23N3O2S. The summed E-state index contributed by atoms with van der Waals surface area (Å²) in [6.07, 6.45) is 2.41. The third-order valence-electron chi connectivity index (χ3n) is 4.72. The van der Waals surface area contributed by atoms with Crippen molar-refractivity contribution in [2.45, 2.75) is 25.8 Å². The van der Waals surface area contributed by atoms with Gasteiger partial charge in [0.2, 0.25) is 0 Å². The fourth-order valence-electron chi connectivity index (χ4n) is 3.19. The topological polar surface area (TPSA) is 54.3 Å². The summed E-state index contributed by atoms with van der Waals surface area (Å²) < 4.78 is 1.52. The van der Waals surface area contributed by atoms with E-state index in [0.717, 1.165) is 30.1 Å². The molecule has 2 heterocycles. The van der Waals surface area contributed by atoms with Gasteiger partial charge in [0.05, 0.1) is 6.04 Å². The van der Waals surface area contributed by atoms with Crippen LogP contribution in [0, 0.1) is 6.92 Å². The van der Waals surface area contributed by atoms with Gasteiger partial charge in [-0.25, -0.2) is 0 Å². The lowest BCUT2D eigenvalue weighted by Gasteiger charge is -2.28.